The molecule has 0 amide bonds. The molecule has 0 aliphatic heterocycles. The molecule has 1 aromatic carbocycles. The van der Waals surface area contributed by atoms with E-state index in [9.17, 15) is 18.0 Å². The second-order valence-corrected chi connectivity index (χ2v) is 3.73. The van der Waals surface area contributed by atoms with Crippen LogP contribution in [0.5, 0.6) is 5.75 Å². The summed E-state index contributed by atoms with van der Waals surface area (Å²) in [5.74, 6) is -0.238. The van der Waals surface area contributed by atoms with E-state index >= 15 is 0 Å². The summed E-state index contributed by atoms with van der Waals surface area (Å²) in [6.45, 7) is -1.28. The van der Waals surface area contributed by atoms with Gasteiger partial charge in [0.15, 0.2) is 0 Å². The Hall–Kier alpha value is -1.76. The van der Waals surface area contributed by atoms with Crippen LogP contribution in [-0.2, 0) is 9.53 Å². The maximum atomic E-state index is 12.2. The molecule has 0 aliphatic carbocycles. The van der Waals surface area contributed by atoms with Crippen molar-refractivity contribution in [2.45, 2.75) is 12.2 Å². The van der Waals surface area contributed by atoms with Gasteiger partial charge in [0, 0.05) is 0 Å². The van der Waals surface area contributed by atoms with E-state index < -0.39 is 24.7 Å². The predicted molar refractivity (Wildman–Crippen MR) is 61.8 cm³/mol. The summed E-state index contributed by atoms with van der Waals surface area (Å²) in [5.41, 5.74) is 0.372. The van der Waals surface area contributed by atoms with Gasteiger partial charge in [0.2, 0.25) is 0 Å². The second kappa shape index (κ2) is 6.42. The molecule has 0 spiro atoms. The zero-order valence-electron chi connectivity index (χ0n) is 10.5. The van der Waals surface area contributed by atoms with E-state index in [1.54, 1.807) is 12.1 Å². The summed E-state index contributed by atoms with van der Waals surface area (Å²) in [4.78, 5) is 11.5. The van der Waals surface area contributed by atoms with Crippen molar-refractivity contribution in [3.63, 3.8) is 0 Å². The van der Waals surface area contributed by atoms with Gasteiger partial charge in [0.25, 0.3) is 0 Å². The van der Waals surface area contributed by atoms with Gasteiger partial charge in [-0.1, -0.05) is 12.1 Å². The maximum Gasteiger partial charge on any atom is 0.401 e. The van der Waals surface area contributed by atoms with Crippen LogP contribution in [0.4, 0.5) is 13.2 Å². The number of carbonyl (C=O) groups excluding carboxylic acids is 1. The molecule has 0 saturated heterocycles. The van der Waals surface area contributed by atoms with Crippen molar-refractivity contribution in [2.24, 2.45) is 0 Å². The Labute approximate surface area is 108 Å². The van der Waals surface area contributed by atoms with Crippen molar-refractivity contribution in [1.29, 1.82) is 0 Å². The molecule has 0 heterocycles. The average molecular weight is 277 g/mol. The number of halogens is 3. The van der Waals surface area contributed by atoms with Crippen molar-refractivity contribution < 1.29 is 27.4 Å². The van der Waals surface area contributed by atoms with Crippen molar-refractivity contribution in [1.82, 2.24) is 5.32 Å². The topological polar surface area (TPSA) is 47.6 Å². The van der Waals surface area contributed by atoms with Crippen LogP contribution in [0.15, 0.2) is 24.3 Å². The van der Waals surface area contributed by atoms with E-state index in [-0.39, 0.29) is 0 Å². The molecule has 7 heteroatoms. The van der Waals surface area contributed by atoms with Gasteiger partial charge >= 0.3 is 12.1 Å². The van der Waals surface area contributed by atoms with E-state index in [4.69, 9.17) is 4.74 Å². The average Bonchev–Trinajstić information content (AvgIpc) is 2.38. The Balaban J connectivity index is 2.86. The Morgan fingerprint density at radius 3 is 2.26 bits per heavy atom. The number of nitrogens with one attached hydrogen (secondary N) is 1. The van der Waals surface area contributed by atoms with Crippen LogP contribution in [0.2, 0.25) is 0 Å². The first-order valence-electron chi connectivity index (χ1n) is 5.39. The van der Waals surface area contributed by atoms with Crippen LogP contribution in [-0.4, -0.2) is 32.9 Å². The third-order valence-corrected chi connectivity index (χ3v) is 2.39. The highest BCUT2D eigenvalue weighted by Crippen LogP contribution is 2.21. The van der Waals surface area contributed by atoms with Crippen molar-refractivity contribution >= 4 is 5.97 Å². The number of ether oxygens (including phenoxy) is 2. The lowest BCUT2D eigenvalue weighted by Gasteiger charge is -2.18. The van der Waals surface area contributed by atoms with E-state index in [0.29, 0.717) is 11.3 Å². The lowest BCUT2D eigenvalue weighted by Crippen LogP contribution is -2.36. The standard InChI is InChI=1S/C12H14F3NO3/c1-18-9-5-3-8(4-6-9)10(11(17)19-2)16-7-12(13,14)15/h3-6,10,16H,7H2,1-2H3. The fourth-order valence-corrected chi connectivity index (χ4v) is 1.47. The molecule has 0 aliphatic rings. The van der Waals surface area contributed by atoms with Gasteiger partial charge in [0.1, 0.15) is 11.8 Å². The van der Waals surface area contributed by atoms with Crippen LogP contribution in [0, 0.1) is 0 Å². The summed E-state index contributed by atoms with van der Waals surface area (Å²) in [6.07, 6.45) is -4.40. The second-order valence-electron chi connectivity index (χ2n) is 3.73. The first-order valence-corrected chi connectivity index (χ1v) is 5.39. The smallest absolute Gasteiger partial charge is 0.401 e. The first kappa shape index (κ1) is 15.3. The highest BCUT2D eigenvalue weighted by molar-refractivity contribution is 5.77. The molecule has 0 radical (unpaired) electrons. The number of alkyl halides is 3. The predicted octanol–water partition coefficient (Wildman–Crippen LogP) is 2.06. The molecule has 4 nitrogen and oxygen atoms in total. The molecule has 0 saturated carbocycles. The summed E-state index contributed by atoms with van der Waals surface area (Å²) in [7, 11) is 2.59. The molecule has 1 rings (SSSR count). The van der Waals surface area contributed by atoms with Crippen LogP contribution in [0.3, 0.4) is 0 Å². The minimum atomic E-state index is -4.40. The van der Waals surface area contributed by atoms with Gasteiger partial charge in [-0.2, -0.15) is 13.2 Å². The molecule has 0 aromatic heterocycles. The summed E-state index contributed by atoms with van der Waals surface area (Å²) in [6, 6.07) is 4.95. The Morgan fingerprint density at radius 1 is 1.26 bits per heavy atom. The van der Waals surface area contributed by atoms with Crippen LogP contribution in [0.1, 0.15) is 11.6 Å². The molecular weight excluding hydrogens is 263 g/mol. The summed E-state index contributed by atoms with van der Waals surface area (Å²) < 4.78 is 46.0. The fraction of sp³-hybridized carbons (Fsp3) is 0.417. The highest BCUT2D eigenvalue weighted by atomic mass is 19.4. The van der Waals surface area contributed by atoms with Gasteiger partial charge < -0.3 is 9.47 Å². The number of hydrogen-bond acceptors (Lipinski definition) is 4. The van der Waals surface area contributed by atoms with Crippen molar-refractivity contribution in [3.05, 3.63) is 29.8 Å². The molecule has 1 atom stereocenters. The number of carbonyl (C=O) groups is 1. The zero-order chi connectivity index (χ0) is 14.5. The first-order chi connectivity index (χ1) is 8.87. The van der Waals surface area contributed by atoms with E-state index in [0.717, 1.165) is 7.11 Å². The Bertz CT molecular complexity index is 417. The lowest BCUT2D eigenvalue weighted by atomic mass is 10.1. The lowest BCUT2D eigenvalue weighted by molar-refractivity contribution is -0.146. The number of benzene rings is 1. The Kier molecular flexibility index (Phi) is 5.17. The minimum absolute atomic E-state index is 0.372. The molecular formula is C12H14F3NO3. The quantitative estimate of drug-likeness (QED) is 0.837. The molecule has 1 aromatic rings. The van der Waals surface area contributed by atoms with Gasteiger partial charge in [0.05, 0.1) is 20.8 Å². The van der Waals surface area contributed by atoms with Crippen LogP contribution < -0.4 is 10.1 Å². The molecule has 1 unspecified atom stereocenters. The monoisotopic (exact) mass is 277 g/mol. The summed E-state index contributed by atoms with van der Waals surface area (Å²) >= 11 is 0. The number of hydrogen-bond donors (Lipinski definition) is 1. The highest BCUT2D eigenvalue weighted by Gasteiger charge is 2.31. The third-order valence-electron chi connectivity index (χ3n) is 2.39. The van der Waals surface area contributed by atoms with Crippen LogP contribution >= 0.6 is 0 Å². The van der Waals surface area contributed by atoms with Crippen molar-refractivity contribution in [3.8, 4) is 5.75 Å². The normalized spacial score (nSPS) is 12.9. The number of rotatable bonds is 5. The van der Waals surface area contributed by atoms with Gasteiger partial charge in [-0.15, -0.1) is 0 Å². The SMILES string of the molecule is COC(=O)C(NCC(F)(F)F)c1ccc(OC)cc1. The summed E-state index contributed by atoms with van der Waals surface area (Å²) in [5, 5.41) is 2.12. The Morgan fingerprint density at radius 2 is 1.84 bits per heavy atom. The van der Waals surface area contributed by atoms with Crippen molar-refractivity contribution in [2.75, 3.05) is 20.8 Å². The minimum Gasteiger partial charge on any atom is -0.497 e. The molecule has 0 fully saturated rings. The molecule has 1 N–H and O–H groups in total. The largest absolute Gasteiger partial charge is 0.497 e. The maximum absolute atomic E-state index is 12.2. The van der Waals surface area contributed by atoms with Gasteiger partial charge in [-0.3, -0.25) is 5.32 Å². The number of esters is 1. The van der Waals surface area contributed by atoms with Crippen LogP contribution in [0.25, 0.3) is 0 Å². The zero-order valence-corrected chi connectivity index (χ0v) is 10.5. The molecule has 0 bridgehead atoms. The van der Waals surface area contributed by atoms with Gasteiger partial charge in [-0.05, 0) is 17.7 Å². The molecule has 19 heavy (non-hydrogen) atoms. The molecule has 106 valence electrons. The fourth-order valence-electron chi connectivity index (χ4n) is 1.47. The van der Waals surface area contributed by atoms with E-state index in [2.05, 4.69) is 10.1 Å². The van der Waals surface area contributed by atoms with E-state index in [1.165, 1.54) is 19.2 Å². The number of methoxy groups -OCH3 is 2. The van der Waals surface area contributed by atoms with E-state index in [1.807, 2.05) is 0 Å². The third kappa shape index (κ3) is 4.78. The van der Waals surface area contributed by atoms with Gasteiger partial charge in [-0.25, -0.2) is 4.79 Å².